The fourth-order valence-electron chi connectivity index (χ4n) is 3.40. The Kier molecular flexibility index (Phi) is 4.32. The van der Waals surface area contributed by atoms with Crippen LogP contribution in [0.1, 0.15) is 46.0 Å². The number of hydrogen-bond donors (Lipinski definition) is 1. The molecule has 5 nitrogen and oxygen atoms in total. The smallest absolute Gasteiger partial charge is 0.320 e. The molecular weight excluding hydrogens is 244 g/mol. The second-order valence-electron chi connectivity index (χ2n) is 6.07. The summed E-state index contributed by atoms with van der Waals surface area (Å²) >= 11 is 0. The molecule has 2 fully saturated rings. The Morgan fingerprint density at radius 3 is 2.53 bits per heavy atom. The number of piperidine rings is 1. The molecule has 5 heteroatoms. The number of hydrogen-bond acceptors (Lipinski definition) is 2. The van der Waals surface area contributed by atoms with E-state index >= 15 is 0 Å². The molecule has 0 bridgehead atoms. The van der Waals surface area contributed by atoms with Crippen molar-refractivity contribution in [3.63, 3.8) is 0 Å². The second kappa shape index (κ2) is 5.80. The first-order chi connectivity index (χ1) is 8.99. The van der Waals surface area contributed by atoms with Gasteiger partial charge >= 0.3 is 12.0 Å². The highest BCUT2D eigenvalue weighted by Crippen LogP contribution is 2.27. The lowest BCUT2D eigenvalue weighted by Crippen LogP contribution is -2.51. The van der Waals surface area contributed by atoms with Gasteiger partial charge in [0.15, 0.2) is 0 Å². The van der Waals surface area contributed by atoms with Gasteiger partial charge in [-0.3, -0.25) is 4.79 Å². The van der Waals surface area contributed by atoms with Gasteiger partial charge in [-0.25, -0.2) is 4.79 Å². The third-order valence-electron chi connectivity index (χ3n) is 4.31. The molecule has 0 aromatic rings. The molecule has 2 aliphatic rings. The van der Waals surface area contributed by atoms with E-state index < -0.39 is 5.97 Å². The fraction of sp³-hybridized carbons (Fsp3) is 0.857. The highest BCUT2D eigenvalue weighted by molar-refractivity contribution is 5.77. The molecule has 2 rings (SSSR count). The van der Waals surface area contributed by atoms with Crippen LogP contribution in [0.5, 0.6) is 0 Å². The van der Waals surface area contributed by atoms with Gasteiger partial charge < -0.3 is 14.9 Å². The summed E-state index contributed by atoms with van der Waals surface area (Å²) in [4.78, 5) is 27.2. The van der Waals surface area contributed by atoms with E-state index in [2.05, 4.69) is 13.8 Å². The van der Waals surface area contributed by atoms with Gasteiger partial charge in [0.05, 0.1) is 6.42 Å². The van der Waals surface area contributed by atoms with Crippen molar-refractivity contribution in [1.82, 2.24) is 9.80 Å². The number of likely N-dealkylation sites (tertiary alicyclic amines) is 2. The SMILES string of the molecule is CC1CC(C)N(C(=O)N2CCCCC2CC(=O)O)C1. The first kappa shape index (κ1) is 14.2. The van der Waals surface area contributed by atoms with E-state index in [0.717, 1.165) is 32.2 Å². The number of urea groups is 1. The zero-order valence-corrected chi connectivity index (χ0v) is 11.8. The Morgan fingerprint density at radius 1 is 1.21 bits per heavy atom. The van der Waals surface area contributed by atoms with Crippen LogP contribution in [-0.2, 0) is 4.79 Å². The first-order valence-electron chi connectivity index (χ1n) is 7.28. The molecule has 0 saturated carbocycles. The Bertz CT molecular complexity index is 359. The van der Waals surface area contributed by atoms with Crippen molar-refractivity contribution < 1.29 is 14.7 Å². The molecule has 3 unspecified atom stereocenters. The van der Waals surface area contributed by atoms with Crippen molar-refractivity contribution in [2.45, 2.75) is 58.0 Å². The van der Waals surface area contributed by atoms with E-state index in [-0.39, 0.29) is 24.5 Å². The van der Waals surface area contributed by atoms with Crippen LogP contribution in [0, 0.1) is 5.92 Å². The van der Waals surface area contributed by atoms with Crippen LogP contribution in [0.4, 0.5) is 4.79 Å². The highest BCUT2D eigenvalue weighted by Gasteiger charge is 2.36. The summed E-state index contributed by atoms with van der Waals surface area (Å²) in [7, 11) is 0. The summed E-state index contributed by atoms with van der Waals surface area (Å²) in [6.07, 6.45) is 3.94. The molecule has 108 valence electrons. The Balaban J connectivity index is 2.04. The lowest BCUT2D eigenvalue weighted by atomic mass is 10.00. The lowest BCUT2D eigenvalue weighted by molar-refractivity contribution is -0.138. The third kappa shape index (κ3) is 3.19. The molecule has 2 amide bonds. The zero-order valence-electron chi connectivity index (χ0n) is 11.8. The summed E-state index contributed by atoms with van der Waals surface area (Å²) in [5.41, 5.74) is 0. The average Bonchev–Trinajstić information content (AvgIpc) is 2.67. The minimum Gasteiger partial charge on any atom is -0.481 e. The van der Waals surface area contributed by atoms with Crippen molar-refractivity contribution in [2.24, 2.45) is 5.92 Å². The van der Waals surface area contributed by atoms with E-state index in [4.69, 9.17) is 5.11 Å². The Hall–Kier alpha value is -1.26. The van der Waals surface area contributed by atoms with Crippen LogP contribution >= 0.6 is 0 Å². The van der Waals surface area contributed by atoms with E-state index in [1.54, 1.807) is 4.90 Å². The Labute approximate surface area is 114 Å². The molecule has 2 heterocycles. The van der Waals surface area contributed by atoms with Crippen molar-refractivity contribution in [3.8, 4) is 0 Å². The largest absolute Gasteiger partial charge is 0.481 e. The summed E-state index contributed by atoms with van der Waals surface area (Å²) < 4.78 is 0. The number of amides is 2. The summed E-state index contributed by atoms with van der Waals surface area (Å²) in [6.45, 7) is 5.75. The zero-order chi connectivity index (χ0) is 14.0. The standard InChI is InChI=1S/C14H24N2O3/c1-10-7-11(2)16(9-10)14(19)15-6-4-3-5-12(15)8-13(17)18/h10-12H,3-9H2,1-2H3,(H,17,18). The molecule has 19 heavy (non-hydrogen) atoms. The van der Waals surface area contributed by atoms with Gasteiger partial charge in [-0.2, -0.15) is 0 Å². The van der Waals surface area contributed by atoms with E-state index in [0.29, 0.717) is 12.5 Å². The average molecular weight is 268 g/mol. The van der Waals surface area contributed by atoms with Crippen LogP contribution in [0.25, 0.3) is 0 Å². The topological polar surface area (TPSA) is 60.9 Å². The predicted octanol–water partition coefficient (Wildman–Crippen LogP) is 2.17. The molecule has 0 aromatic heterocycles. The first-order valence-corrected chi connectivity index (χ1v) is 7.28. The van der Waals surface area contributed by atoms with Crippen LogP contribution < -0.4 is 0 Å². The molecule has 0 aliphatic carbocycles. The maximum atomic E-state index is 12.6. The fourth-order valence-corrected chi connectivity index (χ4v) is 3.40. The van der Waals surface area contributed by atoms with Crippen molar-refractivity contribution in [1.29, 1.82) is 0 Å². The van der Waals surface area contributed by atoms with Crippen molar-refractivity contribution >= 4 is 12.0 Å². The number of carboxylic acid groups (broad SMARTS) is 1. The normalized spacial score (nSPS) is 31.6. The lowest BCUT2D eigenvalue weighted by Gasteiger charge is -2.38. The van der Waals surface area contributed by atoms with Gasteiger partial charge in [-0.15, -0.1) is 0 Å². The summed E-state index contributed by atoms with van der Waals surface area (Å²) in [5.74, 6) is -0.269. The van der Waals surface area contributed by atoms with Gasteiger partial charge in [0, 0.05) is 25.2 Å². The van der Waals surface area contributed by atoms with Crippen LogP contribution in [0.3, 0.4) is 0 Å². The second-order valence-corrected chi connectivity index (χ2v) is 6.07. The molecule has 0 spiro atoms. The maximum absolute atomic E-state index is 12.6. The van der Waals surface area contributed by atoms with Crippen LogP contribution in [0.15, 0.2) is 0 Å². The number of aliphatic carboxylic acids is 1. The van der Waals surface area contributed by atoms with Gasteiger partial charge in [-0.1, -0.05) is 6.92 Å². The molecule has 2 saturated heterocycles. The van der Waals surface area contributed by atoms with E-state index in [9.17, 15) is 9.59 Å². The van der Waals surface area contributed by atoms with Crippen LogP contribution in [-0.4, -0.2) is 52.1 Å². The molecule has 3 atom stereocenters. The summed E-state index contributed by atoms with van der Waals surface area (Å²) in [6, 6.07) is 0.194. The van der Waals surface area contributed by atoms with Gasteiger partial charge in [0.1, 0.15) is 0 Å². The van der Waals surface area contributed by atoms with Crippen molar-refractivity contribution in [3.05, 3.63) is 0 Å². The molecular formula is C14H24N2O3. The predicted molar refractivity (Wildman–Crippen MR) is 71.9 cm³/mol. The van der Waals surface area contributed by atoms with E-state index in [1.165, 1.54) is 0 Å². The number of carboxylic acids is 1. The minimum absolute atomic E-state index is 0.0443. The number of carbonyl (C=O) groups excluding carboxylic acids is 1. The van der Waals surface area contributed by atoms with Crippen LogP contribution in [0.2, 0.25) is 0 Å². The minimum atomic E-state index is -0.812. The number of nitrogens with zero attached hydrogens (tertiary/aromatic N) is 2. The Morgan fingerprint density at radius 2 is 1.95 bits per heavy atom. The molecule has 2 aliphatic heterocycles. The van der Waals surface area contributed by atoms with E-state index in [1.807, 2.05) is 4.90 Å². The molecule has 0 radical (unpaired) electrons. The van der Waals surface area contributed by atoms with Gasteiger partial charge in [-0.05, 0) is 38.5 Å². The third-order valence-corrected chi connectivity index (χ3v) is 4.31. The maximum Gasteiger partial charge on any atom is 0.320 e. The quantitative estimate of drug-likeness (QED) is 0.835. The van der Waals surface area contributed by atoms with Crippen molar-refractivity contribution in [2.75, 3.05) is 13.1 Å². The number of carbonyl (C=O) groups is 2. The molecule has 0 aromatic carbocycles. The van der Waals surface area contributed by atoms with Gasteiger partial charge in [0.25, 0.3) is 0 Å². The highest BCUT2D eigenvalue weighted by atomic mass is 16.4. The summed E-state index contributed by atoms with van der Waals surface area (Å²) in [5, 5.41) is 8.97. The van der Waals surface area contributed by atoms with Gasteiger partial charge in [0.2, 0.25) is 0 Å². The monoisotopic (exact) mass is 268 g/mol. The molecule has 1 N–H and O–H groups in total. The number of rotatable bonds is 2.